The second kappa shape index (κ2) is 8.84. The third kappa shape index (κ3) is 5.07. The third-order valence-corrected chi connectivity index (χ3v) is 4.98. The van der Waals surface area contributed by atoms with E-state index in [0.29, 0.717) is 23.8 Å². The molecule has 0 N–H and O–H groups in total. The highest BCUT2D eigenvalue weighted by Gasteiger charge is 2.34. The topological polar surface area (TPSA) is 52.6 Å². The Morgan fingerprint density at radius 2 is 1.88 bits per heavy atom. The van der Waals surface area contributed by atoms with Gasteiger partial charge in [0.25, 0.3) is 0 Å². The molecule has 1 aliphatic rings. The summed E-state index contributed by atoms with van der Waals surface area (Å²) in [7, 11) is 1.28. The molecular formula is C22H28O4. The van der Waals surface area contributed by atoms with Crippen LogP contribution in [0.4, 0.5) is 0 Å². The Bertz CT molecular complexity index is 685. The van der Waals surface area contributed by atoms with Crippen LogP contribution in [0.15, 0.2) is 54.1 Å². The molecule has 0 aromatic heterocycles. The second-order valence-corrected chi connectivity index (χ2v) is 7.25. The van der Waals surface area contributed by atoms with Crippen molar-refractivity contribution in [3.63, 3.8) is 0 Å². The lowest BCUT2D eigenvalue weighted by Crippen LogP contribution is -2.38. The maximum absolute atomic E-state index is 12.5. The summed E-state index contributed by atoms with van der Waals surface area (Å²) in [4.78, 5) is 24.3. The molecule has 0 saturated heterocycles. The first-order chi connectivity index (χ1) is 12.3. The van der Waals surface area contributed by atoms with Crippen LogP contribution in [0, 0.1) is 5.92 Å². The van der Waals surface area contributed by atoms with Crippen LogP contribution < -0.4 is 0 Å². The molecule has 2 atom stereocenters. The third-order valence-electron chi connectivity index (χ3n) is 4.98. The van der Waals surface area contributed by atoms with E-state index in [4.69, 9.17) is 9.47 Å². The van der Waals surface area contributed by atoms with Gasteiger partial charge in [-0.15, -0.1) is 0 Å². The van der Waals surface area contributed by atoms with Crippen LogP contribution in [-0.2, 0) is 19.1 Å². The Labute approximate surface area is 155 Å². The Morgan fingerprint density at radius 3 is 2.54 bits per heavy atom. The summed E-state index contributed by atoms with van der Waals surface area (Å²) in [6.07, 6.45) is 8.29. The number of benzene rings is 1. The van der Waals surface area contributed by atoms with Crippen molar-refractivity contribution >= 4 is 11.9 Å². The lowest BCUT2D eigenvalue weighted by atomic mass is 9.81. The summed E-state index contributed by atoms with van der Waals surface area (Å²) in [6.45, 7) is 5.31. The van der Waals surface area contributed by atoms with Gasteiger partial charge in [0.2, 0.25) is 5.60 Å². The Morgan fingerprint density at radius 1 is 1.19 bits per heavy atom. The molecule has 4 nitrogen and oxygen atoms in total. The molecule has 1 aromatic rings. The SMILES string of the molecule is COC(=O)C(C)(C)OC(=O)C1=CC=CCC(C(C)c2ccccc2)CC1. The maximum atomic E-state index is 12.5. The van der Waals surface area contributed by atoms with Crippen LogP contribution >= 0.6 is 0 Å². The molecule has 4 heteroatoms. The van der Waals surface area contributed by atoms with E-state index < -0.39 is 17.5 Å². The lowest BCUT2D eigenvalue weighted by Gasteiger charge is -2.26. The van der Waals surface area contributed by atoms with E-state index in [1.807, 2.05) is 12.1 Å². The van der Waals surface area contributed by atoms with Crippen molar-refractivity contribution in [2.45, 2.75) is 51.6 Å². The largest absolute Gasteiger partial charge is 0.466 e. The molecule has 0 spiro atoms. The molecule has 0 radical (unpaired) electrons. The van der Waals surface area contributed by atoms with Gasteiger partial charge in [0.05, 0.1) is 7.11 Å². The summed E-state index contributed by atoms with van der Waals surface area (Å²) in [6, 6.07) is 10.4. The predicted molar refractivity (Wildman–Crippen MR) is 102 cm³/mol. The molecule has 0 amide bonds. The molecule has 26 heavy (non-hydrogen) atoms. The molecule has 0 aliphatic heterocycles. The number of hydrogen-bond acceptors (Lipinski definition) is 4. The zero-order chi connectivity index (χ0) is 19.2. The molecule has 1 aromatic carbocycles. The van der Waals surface area contributed by atoms with Gasteiger partial charge in [-0.3, -0.25) is 0 Å². The van der Waals surface area contributed by atoms with Gasteiger partial charge >= 0.3 is 11.9 Å². The number of ether oxygens (including phenoxy) is 2. The molecular weight excluding hydrogens is 328 g/mol. The molecule has 140 valence electrons. The average Bonchev–Trinajstić information content (AvgIpc) is 2.60. The number of carbonyl (C=O) groups excluding carboxylic acids is 2. The van der Waals surface area contributed by atoms with Gasteiger partial charge in [0.15, 0.2) is 0 Å². The molecule has 0 heterocycles. The Hall–Kier alpha value is -2.36. The first-order valence-corrected chi connectivity index (χ1v) is 9.07. The Balaban J connectivity index is 2.05. The van der Waals surface area contributed by atoms with Crippen LogP contribution in [0.3, 0.4) is 0 Å². The van der Waals surface area contributed by atoms with E-state index in [1.54, 1.807) is 6.08 Å². The summed E-state index contributed by atoms with van der Waals surface area (Å²) in [5.74, 6) is -0.178. The van der Waals surface area contributed by atoms with E-state index >= 15 is 0 Å². The molecule has 2 rings (SSSR count). The smallest absolute Gasteiger partial charge is 0.349 e. The van der Waals surface area contributed by atoms with Crippen molar-refractivity contribution < 1.29 is 19.1 Å². The van der Waals surface area contributed by atoms with Gasteiger partial charge in [-0.25, -0.2) is 9.59 Å². The first-order valence-electron chi connectivity index (χ1n) is 9.07. The monoisotopic (exact) mass is 356 g/mol. The van der Waals surface area contributed by atoms with Crippen molar-refractivity contribution in [1.29, 1.82) is 0 Å². The Kier molecular flexibility index (Phi) is 6.78. The normalized spacial score (nSPS) is 18.9. The second-order valence-electron chi connectivity index (χ2n) is 7.25. The van der Waals surface area contributed by atoms with Crippen molar-refractivity contribution in [3.05, 3.63) is 59.7 Å². The lowest BCUT2D eigenvalue weighted by molar-refractivity contribution is -0.174. The van der Waals surface area contributed by atoms with Crippen LogP contribution in [-0.4, -0.2) is 24.6 Å². The van der Waals surface area contributed by atoms with E-state index in [0.717, 1.165) is 12.8 Å². The highest BCUT2D eigenvalue weighted by molar-refractivity contribution is 5.92. The van der Waals surface area contributed by atoms with Gasteiger partial charge in [-0.05, 0) is 50.5 Å². The number of hydrogen-bond donors (Lipinski definition) is 0. The molecule has 0 saturated carbocycles. The molecule has 1 aliphatic carbocycles. The van der Waals surface area contributed by atoms with Crippen LogP contribution in [0.25, 0.3) is 0 Å². The highest BCUT2D eigenvalue weighted by Crippen LogP contribution is 2.33. The number of allylic oxidation sites excluding steroid dienone is 3. The molecule has 0 fully saturated rings. The van der Waals surface area contributed by atoms with E-state index in [1.165, 1.54) is 26.5 Å². The molecule has 0 bridgehead atoms. The van der Waals surface area contributed by atoms with Crippen LogP contribution in [0.1, 0.15) is 51.5 Å². The van der Waals surface area contributed by atoms with Gasteiger partial charge in [-0.2, -0.15) is 0 Å². The minimum absolute atomic E-state index is 0.405. The zero-order valence-corrected chi connectivity index (χ0v) is 16.0. The first kappa shape index (κ1) is 20.0. The quantitative estimate of drug-likeness (QED) is 0.725. The van der Waals surface area contributed by atoms with Crippen molar-refractivity contribution in [1.82, 2.24) is 0 Å². The fourth-order valence-corrected chi connectivity index (χ4v) is 3.22. The number of rotatable bonds is 5. The zero-order valence-electron chi connectivity index (χ0n) is 16.0. The number of carbonyl (C=O) groups is 2. The summed E-state index contributed by atoms with van der Waals surface area (Å²) in [5, 5.41) is 0. The molecule has 2 unspecified atom stereocenters. The summed E-state index contributed by atoms with van der Waals surface area (Å²) < 4.78 is 10.1. The van der Waals surface area contributed by atoms with Gasteiger partial charge in [0, 0.05) is 5.57 Å². The number of esters is 2. The van der Waals surface area contributed by atoms with Gasteiger partial charge in [0.1, 0.15) is 0 Å². The van der Waals surface area contributed by atoms with Crippen molar-refractivity contribution in [2.75, 3.05) is 7.11 Å². The van der Waals surface area contributed by atoms with E-state index in [9.17, 15) is 9.59 Å². The van der Waals surface area contributed by atoms with E-state index in [2.05, 4.69) is 37.3 Å². The van der Waals surface area contributed by atoms with Gasteiger partial charge < -0.3 is 9.47 Å². The van der Waals surface area contributed by atoms with Crippen LogP contribution in [0.2, 0.25) is 0 Å². The van der Waals surface area contributed by atoms with E-state index in [-0.39, 0.29) is 0 Å². The number of methoxy groups -OCH3 is 1. The van der Waals surface area contributed by atoms with Crippen LogP contribution in [0.5, 0.6) is 0 Å². The fraction of sp³-hybridized carbons (Fsp3) is 0.455. The minimum atomic E-state index is -1.30. The minimum Gasteiger partial charge on any atom is -0.466 e. The highest BCUT2D eigenvalue weighted by atomic mass is 16.6. The predicted octanol–water partition coefficient (Wildman–Crippen LogP) is 4.57. The summed E-state index contributed by atoms with van der Waals surface area (Å²) in [5.41, 5.74) is 0.602. The average molecular weight is 356 g/mol. The standard InChI is InChI=1S/C22H28O4/c1-16(17-10-6-5-7-11-17)18-12-8-9-13-19(15-14-18)20(23)26-22(2,3)21(24)25-4/h5-11,13,16,18H,12,14-15H2,1-4H3. The maximum Gasteiger partial charge on any atom is 0.349 e. The summed E-state index contributed by atoms with van der Waals surface area (Å²) >= 11 is 0. The van der Waals surface area contributed by atoms with Crippen molar-refractivity contribution in [3.8, 4) is 0 Å². The van der Waals surface area contributed by atoms with Gasteiger partial charge in [-0.1, -0.05) is 55.5 Å². The van der Waals surface area contributed by atoms with Crippen molar-refractivity contribution in [2.24, 2.45) is 5.92 Å². The fourth-order valence-electron chi connectivity index (χ4n) is 3.22.